The van der Waals surface area contributed by atoms with Gasteiger partial charge in [0.1, 0.15) is 5.65 Å². The van der Waals surface area contributed by atoms with Crippen molar-refractivity contribution < 1.29 is 0 Å². The minimum Gasteiger partial charge on any atom is -0.294 e. The second-order valence-corrected chi connectivity index (χ2v) is 8.49. The molecule has 4 aromatic heterocycles. The molecule has 0 bridgehead atoms. The molecule has 0 saturated carbocycles. The van der Waals surface area contributed by atoms with Gasteiger partial charge in [-0.05, 0) is 66.7 Å². The van der Waals surface area contributed by atoms with Crippen LogP contribution in [-0.2, 0) is 0 Å². The normalized spacial score (nSPS) is 11.3. The van der Waals surface area contributed by atoms with Crippen LogP contribution < -0.4 is 0 Å². The van der Waals surface area contributed by atoms with Crippen molar-refractivity contribution in [2.45, 2.75) is 0 Å². The van der Waals surface area contributed by atoms with E-state index in [1.54, 1.807) is 0 Å². The lowest BCUT2D eigenvalue weighted by atomic mass is 10.0. The fourth-order valence-electron chi connectivity index (χ4n) is 4.18. The molecule has 32 heavy (non-hydrogen) atoms. The van der Waals surface area contributed by atoms with Gasteiger partial charge in [-0.2, -0.15) is 0 Å². The van der Waals surface area contributed by atoms with Gasteiger partial charge in [-0.25, -0.2) is 4.98 Å². The largest absolute Gasteiger partial charge is 0.294 e. The average Bonchev–Trinajstić information content (AvgIpc) is 3.18. The summed E-state index contributed by atoms with van der Waals surface area (Å²) in [5.41, 5.74) is 6.94. The van der Waals surface area contributed by atoms with Crippen molar-refractivity contribution in [2.75, 3.05) is 0 Å². The smallest absolute Gasteiger partial charge is 0.145 e. The van der Waals surface area contributed by atoms with E-state index in [0.717, 1.165) is 49.2 Å². The van der Waals surface area contributed by atoms with Gasteiger partial charge in [-0.1, -0.05) is 34.1 Å². The summed E-state index contributed by atoms with van der Waals surface area (Å²) in [5.74, 6) is 0. The Hall–Kier alpha value is -3.83. The van der Waals surface area contributed by atoms with Crippen LogP contribution in [0.4, 0.5) is 0 Å². The highest BCUT2D eigenvalue weighted by atomic mass is 79.9. The number of benzene rings is 2. The number of pyridine rings is 3. The minimum atomic E-state index is 0.918. The highest BCUT2D eigenvalue weighted by Crippen LogP contribution is 2.35. The lowest BCUT2D eigenvalue weighted by molar-refractivity contribution is 1.13. The number of fused-ring (bicyclic) bond motifs is 3. The minimum absolute atomic E-state index is 0.918. The zero-order chi connectivity index (χ0) is 21.5. The average molecular weight is 477 g/mol. The lowest BCUT2D eigenvalue weighted by Gasteiger charge is -2.13. The molecule has 0 saturated heterocycles. The van der Waals surface area contributed by atoms with Crippen LogP contribution in [0.15, 0.2) is 108 Å². The maximum absolute atomic E-state index is 4.75. The third-order valence-electron chi connectivity index (χ3n) is 5.59. The summed E-state index contributed by atoms with van der Waals surface area (Å²) in [6.45, 7) is 0. The summed E-state index contributed by atoms with van der Waals surface area (Å²) < 4.78 is 3.24. The highest BCUT2D eigenvalue weighted by Gasteiger charge is 2.16. The third kappa shape index (κ3) is 3.18. The predicted molar refractivity (Wildman–Crippen MR) is 133 cm³/mol. The van der Waals surface area contributed by atoms with E-state index in [0.29, 0.717) is 0 Å². The van der Waals surface area contributed by atoms with E-state index in [1.807, 2.05) is 61.1 Å². The molecule has 0 spiro atoms. The Bertz CT molecular complexity index is 1520. The van der Waals surface area contributed by atoms with Gasteiger partial charge in [-0.15, -0.1) is 0 Å². The van der Waals surface area contributed by atoms with Crippen LogP contribution in [0.2, 0.25) is 0 Å². The quantitative estimate of drug-likeness (QED) is 0.274. The molecule has 0 unspecified atom stereocenters. The van der Waals surface area contributed by atoms with E-state index in [1.165, 1.54) is 5.39 Å². The number of halogens is 1. The van der Waals surface area contributed by atoms with Gasteiger partial charge in [0.05, 0.1) is 16.9 Å². The topological polar surface area (TPSA) is 43.6 Å². The molecular weight excluding hydrogens is 460 g/mol. The van der Waals surface area contributed by atoms with E-state index in [-0.39, 0.29) is 0 Å². The zero-order valence-corrected chi connectivity index (χ0v) is 18.6. The molecule has 0 radical (unpaired) electrons. The van der Waals surface area contributed by atoms with Crippen molar-refractivity contribution in [3.63, 3.8) is 0 Å². The van der Waals surface area contributed by atoms with Crippen molar-refractivity contribution in [3.05, 3.63) is 108 Å². The number of hydrogen-bond donors (Lipinski definition) is 0. The second kappa shape index (κ2) is 7.70. The summed E-state index contributed by atoms with van der Waals surface area (Å²) in [6, 6.07) is 28.9. The maximum atomic E-state index is 4.75. The second-order valence-electron chi connectivity index (χ2n) is 7.57. The molecule has 6 aromatic rings. The fraction of sp³-hybridized carbons (Fsp3) is 0. The molecule has 2 aromatic carbocycles. The van der Waals surface area contributed by atoms with Crippen LogP contribution >= 0.6 is 15.9 Å². The number of rotatable bonds is 3. The lowest BCUT2D eigenvalue weighted by Crippen LogP contribution is -1.98. The van der Waals surface area contributed by atoms with Crippen LogP contribution in [0.3, 0.4) is 0 Å². The molecule has 6 rings (SSSR count). The summed E-state index contributed by atoms with van der Waals surface area (Å²) in [7, 11) is 0. The number of hydrogen-bond acceptors (Lipinski definition) is 3. The molecule has 0 aliphatic carbocycles. The Labute approximate surface area is 193 Å². The predicted octanol–water partition coefficient (Wildman–Crippen LogP) is 7.07. The Morgan fingerprint density at radius 3 is 1.94 bits per heavy atom. The summed E-state index contributed by atoms with van der Waals surface area (Å²) in [4.78, 5) is 13.9. The first-order valence-corrected chi connectivity index (χ1v) is 11.1. The molecule has 0 aliphatic rings. The summed E-state index contributed by atoms with van der Waals surface area (Å²) >= 11 is 3.65. The van der Waals surface area contributed by atoms with Crippen molar-refractivity contribution in [3.8, 4) is 28.2 Å². The highest BCUT2D eigenvalue weighted by molar-refractivity contribution is 9.10. The molecule has 4 heterocycles. The third-order valence-corrected chi connectivity index (χ3v) is 6.08. The van der Waals surface area contributed by atoms with Crippen LogP contribution in [0.5, 0.6) is 0 Å². The first-order valence-electron chi connectivity index (χ1n) is 10.3. The first kappa shape index (κ1) is 18.9. The van der Waals surface area contributed by atoms with Gasteiger partial charge in [0.2, 0.25) is 0 Å². The number of nitrogens with zero attached hydrogens (tertiary/aromatic N) is 4. The van der Waals surface area contributed by atoms with Crippen LogP contribution in [0.25, 0.3) is 50.1 Å². The Morgan fingerprint density at radius 1 is 0.594 bits per heavy atom. The molecule has 5 heteroatoms. The van der Waals surface area contributed by atoms with E-state index < -0.39 is 0 Å². The molecule has 4 nitrogen and oxygen atoms in total. The Morgan fingerprint density at radius 2 is 1.28 bits per heavy atom. The van der Waals surface area contributed by atoms with Gasteiger partial charge in [0, 0.05) is 50.6 Å². The fourth-order valence-corrected chi connectivity index (χ4v) is 4.53. The van der Waals surface area contributed by atoms with Crippen molar-refractivity contribution in [1.29, 1.82) is 0 Å². The van der Waals surface area contributed by atoms with Crippen molar-refractivity contribution in [1.82, 2.24) is 19.5 Å². The molecule has 0 N–H and O–H groups in total. The van der Waals surface area contributed by atoms with Crippen molar-refractivity contribution in [2.24, 2.45) is 0 Å². The molecular formula is C27H17BrN4. The van der Waals surface area contributed by atoms with E-state index >= 15 is 0 Å². The maximum Gasteiger partial charge on any atom is 0.145 e. The molecule has 152 valence electrons. The molecule has 0 fully saturated rings. The zero-order valence-electron chi connectivity index (χ0n) is 17.0. The summed E-state index contributed by atoms with van der Waals surface area (Å²) in [6.07, 6.45) is 5.48. The van der Waals surface area contributed by atoms with Gasteiger partial charge in [0.15, 0.2) is 0 Å². The van der Waals surface area contributed by atoms with E-state index in [9.17, 15) is 0 Å². The van der Waals surface area contributed by atoms with Gasteiger partial charge >= 0.3 is 0 Å². The molecule has 0 amide bonds. The monoisotopic (exact) mass is 476 g/mol. The summed E-state index contributed by atoms with van der Waals surface area (Å²) in [5, 5.41) is 2.29. The van der Waals surface area contributed by atoms with Gasteiger partial charge in [0.25, 0.3) is 0 Å². The van der Waals surface area contributed by atoms with Gasteiger partial charge in [-0.3, -0.25) is 14.5 Å². The van der Waals surface area contributed by atoms with Crippen LogP contribution in [0, 0.1) is 0 Å². The van der Waals surface area contributed by atoms with Crippen molar-refractivity contribution >= 4 is 37.9 Å². The Balaban J connectivity index is 1.70. The van der Waals surface area contributed by atoms with E-state index in [4.69, 9.17) is 4.98 Å². The van der Waals surface area contributed by atoms with Crippen LogP contribution in [-0.4, -0.2) is 19.5 Å². The molecule has 0 aliphatic heterocycles. The van der Waals surface area contributed by atoms with Crippen LogP contribution in [0.1, 0.15) is 0 Å². The van der Waals surface area contributed by atoms with E-state index in [2.05, 4.69) is 72.9 Å². The SMILES string of the molecule is Brc1ccc2c3cccnc3n(-c3cc(-c4ccccn4)cc(-c4ccccn4)c3)c2c1. The number of aromatic nitrogens is 4. The Kier molecular flexibility index (Phi) is 4.55. The first-order chi connectivity index (χ1) is 15.8. The standard InChI is InChI=1S/C27H17BrN4/c28-20-9-10-22-23-6-5-13-31-27(23)32(26(22)17-20)21-15-18(24-7-1-3-11-29-24)14-19(16-21)25-8-2-4-12-30-25/h1-17H. The molecule has 0 atom stereocenters. The van der Waals surface area contributed by atoms with Gasteiger partial charge < -0.3 is 0 Å².